The minimum absolute atomic E-state index is 0.0885. The lowest BCUT2D eigenvalue weighted by Crippen LogP contribution is -2.11. The average molecular weight is 327 g/mol. The molecule has 3 rings (SSSR count). The molecule has 0 unspecified atom stereocenters. The van der Waals surface area contributed by atoms with Gasteiger partial charge in [-0.25, -0.2) is 0 Å². The first-order valence-corrected chi connectivity index (χ1v) is 8.17. The standard InChI is InChI=1S/C17H17N3O2S/c1-11-3-5-13(6-4-11)15-9-7-14(22-15)8-10-16(21)18-17-20-19-12(2)23-17/h3-7,9H,8,10H2,1-2H3,(H,18,20,21). The molecule has 23 heavy (non-hydrogen) atoms. The summed E-state index contributed by atoms with van der Waals surface area (Å²) in [6.07, 6.45) is 0.898. The van der Waals surface area contributed by atoms with Crippen molar-refractivity contribution >= 4 is 22.4 Å². The van der Waals surface area contributed by atoms with Crippen LogP contribution in [0.1, 0.15) is 22.8 Å². The second-order valence-electron chi connectivity index (χ2n) is 5.31. The van der Waals surface area contributed by atoms with E-state index in [1.54, 1.807) is 0 Å². The molecule has 118 valence electrons. The van der Waals surface area contributed by atoms with E-state index in [2.05, 4.69) is 34.6 Å². The Balaban J connectivity index is 1.56. The Morgan fingerprint density at radius 1 is 1.13 bits per heavy atom. The number of amides is 1. The number of nitrogens with zero attached hydrogens (tertiary/aromatic N) is 2. The van der Waals surface area contributed by atoms with Gasteiger partial charge in [0.05, 0.1) is 0 Å². The first-order chi connectivity index (χ1) is 11.1. The third kappa shape index (κ3) is 4.04. The average Bonchev–Trinajstić information content (AvgIpc) is 3.15. The highest BCUT2D eigenvalue weighted by atomic mass is 32.1. The van der Waals surface area contributed by atoms with E-state index in [4.69, 9.17) is 4.42 Å². The summed E-state index contributed by atoms with van der Waals surface area (Å²) in [5.74, 6) is 1.53. The summed E-state index contributed by atoms with van der Waals surface area (Å²) >= 11 is 1.36. The lowest BCUT2D eigenvalue weighted by Gasteiger charge is -2.00. The van der Waals surface area contributed by atoms with Gasteiger partial charge >= 0.3 is 0 Å². The maximum atomic E-state index is 11.9. The molecule has 1 N–H and O–H groups in total. The van der Waals surface area contributed by atoms with Crippen LogP contribution in [-0.2, 0) is 11.2 Å². The van der Waals surface area contributed by atoms with Gasteiger partial charge in [-0.05, 0) is 26.0 Å². The summed E-state index contributed by atoms with van der Waals surface area (Å²) in [6.45, 7) is 3.90. The molecule has 2 heterocycles. The third-order valence-corrected chi connectivity index (χ3v) is 4.12. The van der Waals surface area contributed by atoms with Gasteiger partial charge in [0, 0.05) is 18.4 Å². The highest BCUT2D eigenvalue weighted by Gasteiger charge is 2.09. The van der Waals surface area contributed by atoms with Crippen molar-refractivity contribution in [2.75, 3.05) is 5.32 Å². The van der Waals surface area contributed by atoms with Crippen LogP contribution in [0, 0.1) is 13.8 Å². The molecule has 0 radical (unpaired) electrons. The van der Waals surface area contributed by atoms with Crippen LogP contribution in [0.3, 0.4) is 0 Å². The molecule has 3 aromatic rings. The molecular formula is C17H17N3O2S. The number of furan rings is 1. The zero-order chi connectivity index (χ0) is 16.2. The number of anilines is 1. The predicted octanol–water partition coefficient (Wildman–Crippen LogP) is 3.99. The van der Waals surface area contributed by atoms with Crippen molar-refractivity contribution < 1.29 is 9.21 Å². The fourth-order valence-corrected chi connectivity index (χ4v) is 2.76. The van der Waals surface area contributed by atoms with Crippen LogP contribution in [-0.4, -0.2) is 16.1 Å². The van der Waals surface area contributed by atoms with Crippen molar-refractivity contribution in [3.05, 3.63) is 52.7 Å². The quantitative estimate of drug-likeness (QED) is 0.769. The smallest absolute Gasteiger partial charge is 0.226 e. The van der Waals surface area contributed by atoms with E-state index in [1.807, 2.05) is 31.2 Å². The Kier molecular flexibility index (Phi) is 4.52. The fraction of sp³-hybridized carbons (Fsp3) is 0.235. The minimum Gasteiger partial charge on any atom is -0.461 e. The SMILES string of the molecule is Cc1ccc(-c2ccc(CCC(=O)Nc3nnc(C)s3)o2)cc1. The molecule has 0 saturated carbocycles. The van der Waals surface area contributed by atoms with E-state index in [1.165, 1.54) is 16.9 Å². The maximum Gasteiger partial charge on any atom is 0.226 e. The van der Waals surface area contributed by atoms with E-state index < -0.39 is 0 Å². The number of hydrogen-bond donors (Lipinski definition) is 1. The van der Waals surface area contributed by atoms with Gasteiger partial charge in [0.15, 0.2) is 0 Å². The molecule has 1 amide bonds. The largest absolute Gasteiger partial charge is 0.461 e. The van der Waals surface area contributed by atoms with E-state index in [9.17, 15) is 4.79 Å². The van der Waals surface area contributed by atoms with Gasteiger partial charge in [0.25, 0.3) is 0 Å². The van der Waals surface area contributed by atoms with Crippen LogP contribution in [0.15, 0.2) is 40.8 Å². The maximum absolute atomic E-state index is 11.9. The van der Waals surface area contributed by atoms with Gasteiger partial charge in [-0.1, -0.05) is 41.2 Å². The number of rotatable bonds is 5. The topological polar surface area (TPSA) is 68.0 Å². The Morgan fingerprint density at radius 3 is 2.61 bits per heavy atom. The van der Waals surface area contributed by atoms with Crippen molar-refractivity contribution in [2.45, 2.75) is 26.7 Å². The monoisotopic (exact) mass is 327 g/mol. The summed E-state index contributed by atoms with van der Waals surface area (Å²) in [5, 5.41) is 11.8. The predicted molar refractivity (Wildman–Crippen MR) is 90.5 cm³/mol. The van der Waals surface area contributed by atoms with Gasteiger partial charge in [-0.3, -0.25) is 4.79 Å². The summed E-state index contributed by atoms with van der Waals surface area (Å²) in [4.78, 5) is 11.9. The van der Waals surface area contributed by atoms with Gasteiger partial charge in [0.2, 0.25) is 11.0 Å². The molecule has 0 aliphatic rings. The van der Waals surface area contributed by atoms with Gasteiger partial charge < -0.3 is 9.73 Å². The zero-order valence-electron chi connectivity index (χ0n) is 13.0. The van der Waals surface area contributed by atoms with Crippen LogP contribution in [0.4, 0.5) is 5.13 Å². The number of hydrogen-bond acceptors (Lipinski definition) is 5. The van der Waals surface area contributed by atoms with Crippen molar-refractivity contribution in [3.8, 4) is 11.3 Å². The molecule has 0 atom stereocenters. The molecular weight excluding hydrogens is 310 g/mol. The molecule has 0 spiro atoms. The number of aromatic nitrogens is 2. The van der Waals surface area contributed by atoms with Crippen LogP contribution >= 0.6 is 11.3 Å². The molecule has 1 aromatic carbocycles. The molecule has 0 fully saturated rings. The first kappa shape index (κ1) is 15.4. The molecule has 0 saturated heterocycles. The lowest BCUT2D eigenvalue weighted by atomic mass is 10.1. The summed E-state index contributed by atoms with van der Waals surface area (Å²) in [7, 11) is 0. The Hall–Kier alpha value is -2.47. The van der Waals surface area contributed by atoms with E-state index in [0.29, 0.717) is 18.0 Å². The highest BCUT2D eigenvalue weighted by molar-refractivity contribution is 7.15. The highest BCUT2D eigenvalue weighted by Crippen LogP contribution is 2.23. The minimum atomic E-state index is -0.0885. The molecule has 5 nitrogen and oxygen atoms in total. The van der Waals surface area contributed by atoms with Crippen molar-refractivity contribution in [2.24, 2.45) is 0 Å². The summed E-state index contributed by atoms with van der Waals surface area (Å²) < 4.78 is 5.81. The Labute approximate surface area is 138 Å². The molecule has 0 aliphatic carbocycles. The first-order valence-electron chi connectivity index (χ1n) is 7.36. The van der Waals surface area contributed by atoms with Crippen molar-refractivity contribution in [1.29, 1.82) is 0 Å². The van der Waals surface area contributed by atoms with Gasteiger partial charge in [0.1, 0.15) is 16.5 Å². The second-order valence-corrected chi connectivity index (χ2v) is 6.49. The number of nitrogens with one attached hydrogen (secondary N) is 1. The van der Waals surface area contributed by atoms with E-state index >= 15 is 0 Å². The molecule has 6 heteroatoms. The van der Waals surface area contributed by atoms with Crippen LogP contribution in [0.2, 0.25) is 0 Å². The molecule has 0 bridgehead atoms. The van der Waals surface area contributed by atoms with Crippen LogP contribution in [0.25, 0.3) is 11.3 Å². The number of benzene rings is 1. The van der Waals surface area contributed by atoms with Gasteiger partial charge in [-0.2, -0.15) is 0 Å². The van der Waals surface area contributed by atoms with Crippen LogP contribution < -0.4 is 5.32 Å². The second kappa shape index (κ2) is 6.75. The van der Waals surface area contributed by atoms with Crippen LogP contribution in [0.5, 0.6) is 0 Å². The zero-order valence-corrected chi connectivity index (χ0v) is 13.8. The van der Waals surface area contributed by atoms with E-state index in [-0.39, 0.29) is 5.91 Å². The summed E-state index contributed by atoms with van der Waals surface area (Å²) in [6, 6.07) is 12.0. The molecule has 0 aliphatic heterocycles. The van der Waals surface area contributed by atoms with Crippen molar-refractivity contribution in [3.63, 3.8) is 0 Å². The normalized spacial score (nSPS) is 10.7. The van der Waals surface area contributed by atoms with Crippen molar-refractivity contribution in [1.82, 2.24) is 10.2 Å². The number of aryl methyl sites for hydroxylation is 3. The van der Waals surface area contributed by atoms with Gasteiger partial charge in [-0.15, -0.1) is 10.2 Å². The number of carbonyl (C=O) groups excluding carboxylic acids is 1. The lowest BCUT2D eigenvalue weighted by molar-refractivity contribution is -0.116. The molecule has 2 aromatic heterocycles. The fourth-order valence-electron chi connectivity index (χ4n) is 2.15. The van der Waals surface area contributed by atoms with E-state index in [0.717, 1.165) is 22.1 Å². The summed E-state index contributed by atoms with van der Waals surface area (Å²) in [5.41, 5.74) is 2.25. The Bertz CT molecular complexity index is 805. The third-order valence-electron chi connectivity index (χ3n) is 3.37. The Morgan fingerprint density at radius 2 is 1.91 bits per heavy atom. The number of carbonyl (C=O) groups is 1.